The second-order valence-corrected chi connectivity index (χ2v) is 10.8. The summed E-state index contributed by atoms with van der Waals surface area (Å²) in [6, 6.07) is 10.9. The van der Waals surface area contributed by atoms with E-state index < -0.39 is 26.5 Å². The van der Waals surface area contributed by atoms with Gasteiger partial charge in [-0.25, -0.2) is 17.6 Å². The van der Waals surface area contributed by atoms with Gasteiger partial charge in [0.05, 0.1) is 21.9 Å². The maximum Gasteiger partial charge on any atom is 0.414 e. The number of hydrogen-bond donors (Lipinski definition) is 0. The molecule has 2 aliphatic rings. The van der Waals surface area contributed by atoms with Crippen molar-refractivity contribution in [2.24, 2.45) is 0 Å². The number of hydrogen-bond acceptors (Lipinski definition) is 5. The number of sulfone groups is 1. The van der Waals surface area contributed by atoms with Crippen LogP contribution in [0.4, 0.5) is 14.9 Å². The number of cyclic esters (lactones) is 1. The number of amides is 1. The predicted octanol–water partition coefficient (Wildman–Crippen LogP) is 3.71. The van der Waals surface area contributed by atoms with Gasteiger partial charge in [-0.2, -0.15) is 0 Å². The van der Waals surface area contributed by atoms with Crippen molar-refractivity contribution in [2.45, 2.75) is 36.0 Å². The van der Waals surface area contributed by atoms with Crippen LogP contribution in [-0.2, 0) is 14.6 Å². The molecule has 8 heteroatoms. The summed E-state index contributed by atoms with van der Waals surface area (Å²) in [4.78, 5) is 15.6. The Labute approximate surface area is 176 Å². The fourth-order valence-electron chi connectivity index (χ4n) is 4.21. The lowest BCUT2D eigenvalue weighted by Gasteiger charge is -2.45. The normalized spacial score (nSPS) is 21.4. The molecule has 0 radical (unpaired) electrons. The molecule has 0 aromatic heterocycles. The Morgan fingerprint density at radius 3 is 2.37 bits per heavy atom. The van der Waals surface area contributed by atoms with Crippen LogP contribution in [0.25, 0.3) is 11.1 Å². The molecule has 0 aliphatic carbocycles. The Kier molecular flexibility index (Phi) is 5.10. The fraction of sp³-hybridized carbons (Fsp3) is 0.409. The van der Waals surface area contributed by atoms with Crippen molar-refractivity contribution in [3.8, 4) is 11.1 Å². The quantitative estimate of drug-likeness (QED) is 0.721. The Hall–Kier alpha value is -2.45. The highest BCUT2D eigenvalue weighted by molar-refractivity contribution is 7.93. The number of benzene rings is 2. The van der Waals surface area contributed by atoms with Gasteiger partial charge in [-0.3, -0.25) is 4.90 Å². The maximum atomic E-state index is 14.8. The summed E-state index contributed by atoms with van der Waals surface area (Å²) in [5, 5.41) is 0. The third-order valence-electron chi connectivity index (χ3n) is 5.93. The van der Waals surface area contributed by atoms with E-state index in [1.165, 1.54) is 23.1 Å². The van der Waals surface area contributed by atoms with Gasteiger partial charge in [0.1, 0.15) is 11.9 Å². The molecule has 2 aliphatic heterocycles. The number of nitrogens with zero attached hydrogens (tertiary/aromatic N) is 2. The first-order chi connectivity index (χ1) is 14.1. The van der Waals surface area contributed by atoms with E-state index in [-0.39, 0.29) is 11.0 Å². The number of rotatable bonds is 5. The summed E-state index contributed by atoms with van der Waals surface area (Å²) in [5.41, 5.74) is 1.36. The molecule has 0 N–H and O–H groups in total. The molecular weight excluding hydrogens is 407 g/mol. The monoisotopic (exact) mass is 432 g/mol. The lowest BCUT2D eigenvalue weighted by atomic mass is 10.0. The molecule has 0 unspecified atom stereocenters. The summed E-state index contributed by atoms with van der Waals surface area (Å²) in [5.74, 6) is -0.483. The zero-order chi connectivity index (χ0) is 21.7. The molecule has 2 fully saturated rings. The van der Waals surface area contributed by atoms with E-state index in [1.54, 1.807) is 31.2 Å². The largest absolute Gasteiger partial charge is 0.444 e. The van der Waals surface area contributed by atoms with E-state index >= 15 is 0 Å². The molecule has 1 atom stereocenters. The molecule has 6 nitrogen and oxygen atoms in total. The standard InChI is InChI=1S/C22H25FN2O4S/c1-4-17-12-25(21(26)29-17)16-7-10-19(20(23)11-16)15-5-8-18(9-6-15)30(27,28)22(2)13-24(3)14-22/h5-11,17H,4,12-14H2,1-3H3/t17-/m0/s1. The molecule has 2 heterocycles. The van der Waals surface area contributed by atoms with Crippen molar-refractivity contribution >= 4 is 21.6 Å². The van der Waals surface area contributed by atoms with Gasteiger partial charge < -0.3 is 9.64 Å². The van der Waals surface area contributed by atoms with Crippen molar-refractivity contribution in [1.82, 2.24) is 4.90 Å². The maximum absolute atomic E-state index is 14.8. The smallest absolute Gasteiger partial charge is 0.414 e. The average molecular weight is 433 g/mol. The fourth-order valence-corrected chi connectivity index (χ4v) is 6.06. The highest BCUT2D eigenvalue weighted by Gasteiger charge is 2.48. The van der Waals surface area contributed by atoms with E-state index in [1.807, 2.05) is 18.9 Å². The Balaban J connectivity index is 1.57. The molecular formula is C22H25FN2O4S. The minimum absolute atomic E-state index is 0.188. The molecule has 2 saturated heterocycles. The van der Waals surface area contributed by atoms with Gasteiger partial charge >= 0.3 is 6.09 Å². The van der Waals surface area contributed by atoms with Crippen LogP contribution in [0.2, 0.25) is 0 Å². The van der Waals surface area contributed by atoms with Gasteiger partial charge in [0.15, 0.2) is 9.84 Å². The van der Waals surface area contributed by atoms with Crippen LogP contribution in [0.15, 0.2) is 47.4 Å². The van der Waals surface area contributed by atoms with E-state index in [0.29, 0.717) is 42.9 Å². The van der Waals surface area contributed by atoms with Crippen LogP contribution in [-0.4, -0.2) is 56.9 Å². The molecule has 1 amide bonds. The lowest BCUT2D eigenvalue weighted by molar-refractivity contribution is 0.139. The lowest BCUT2D eigenvalue weighted by Crippen LogP contribution is -2.62. The number of likely N-dealkylation sites (tertiary alicyclic amines) is 1. The van der Waals surface area contributed by atoms with Crippen molar-refractivity contribution in [2.75, 3.05) is 31.6 Å². The summed E-state index contributed by atoms with van der Waals surface area (Å²) >= 11 is 0. The van der Waals surface area contributed by atoms with E-state index in [9.17, 15) is 17.6 Å². The third kappa shape index (κ3) is 3.37. The highest BCUT2D eigenvalue weighted by atomic mass is 32.2. The van der Waals surface area contributed by atoms with E-state index in [2.05, 4.69) is 0 Å². The highest BCUT2D eigenvalue weighted by Crippen LogP contribution is 2.35. The molecule has 2 aromatic rings. The number of carbonyl (C=O) groups excluding carboxylic acids is 1. The van der Waals surface area contributed by atoms with Crippen molar-refractivity contribution in [3.05, 3.63) is 48.3 Å². The van der Waals surface area contributed by atoms with Crippen molar-refractivity contribution in [1.29, 1.82) is 0 Å². The first-order valence-corrected chi connectivity index (χ1v) is 11.4. The minimum Gasteiger partial charge on any atom is -0.444 e. The topological polar surface area (TPSA) is 66.9 Å². The van der Waals surface area contributed by atoms with Gasteiger partial charge in [-0.15, -0.1) is 0 Å². The van der Waals surface area contributed by atoms with Crippen LogP contribution in [0.1, 0.15) is 20.3 Å². The molecule has 4 rings (SSSR count). The van der Waals surface area contributed by atoms with Crippen LogP contribution in [0, 0.1) is 5.82 Å². The number of halogens is 1. The Morgan fingerprint density at radius 2 is 1.83 bits per heavy atom. The molecule has 30 heavy (non-hydrogen) atoms. The SMILES string of the molecule is CC[C@H]1CN(c2ccc(-c3ccc(S(=O)(=O)C4(C)CN(C)C4)cc3)c(F)c2)C(=O)O1. The predicted molar refractivity (Wildman–Crippen MR) is 113 cm³/mol. The van der Waals surface area contributed by atoms with Crippen LogP contribution in [0.3, 0.4) is 0 Å². The zero-order valence-corrected chi connectivity index (χ0v) is 18.1. The molecule has 0 spiro atoms. The molecule has 160 valence electrons. The van der Waals surface area contributed by atoms with E-state index in [0.717, 1.165) is 0 Å². The van der Waals surface area contributed by atoms with Gasteiger partial charge in [-0.05, 0) is 56.3 Å². The molecule has 2 aromatic carbocycles. The van der Waals surface area contributed by atoms with Crippen LogP contribution in [0.5, 0.6) is 0 Å². The first-order valence-electron chi connectivity index (χ1n) is 9.96. The van der Waals surface area contributed by atoms with Gasteiger partial charge in [0, 0.05) is 18.7 Å². The molecule has 0 bridgehead atoms. The van der Waals surface area contributed by atoms with Crippen LogP contribution >= 0.6 is 0 Å². The number of carbonyl (C=O) groups is 1. The summed E-state index contributed by atoms with van der Waals surface area (Å²) in [6.45, 7) is 5.06. The summed E-state index contributed by atoms with van der Waals surface area (Å²) < 4.78 is 45.1. The van der Waals surface area contributed by atoms with Crippen molar-refractivity contribution in [3.63, 3.8) is 0 Å². The van der Waals surface area contributed by atoms with Crippen molar-refractivity contribution < 1.29 is 22.3 Å². The van der Waals surface area contributed by atoms with Crippen LogP contribution < -0.4 is 4.90 Å². The number of anilines is 1. The Morgan fingerprint density at radius 1 is 1.17 bits per heavy atom. The van der Waals surface area contributed by atoms with Gasteiger partial charge in [-0.1, -0.05) is 19.1 Å². The minimum atomic E-state index is -3.47. The first kappa shape index (κ1) is 20.8. The zero-order valence-electron chi connectivity index (χ0n) is 17.3. The second-order valence-electron chi connectivity index (χ2n) is 8.34. The summed E-state index contributed by atoms with van der Waals surface area (Å²) in [6.07, 6.45) is 0.0404. The van der Waals surface area contributed by atoms with Gasteiger partial charge in [0.2, 0.25) is 0 Å². The van der Waals surface area contributed by atoms with Gasteiger partial charge in [0.25, 0.3) is 0 Å². The second kappa shape index (κ2) is 7.35. The number of ether oxygens (including phenoxy) is 1. The third-order valence-corrected chi connectivity index (χ3v) is 8.38. The summed E-state index contributed by atoms with van der Waals surface area (Å²) in [7, 11) is -1.58. The van der Waals surface area contributed by atoms with E-state index in [4.69, 9.17) is 4.74 Å². The molecule has 0 saturated carbocycles. The Bertz CT molecular complexity index is 1080. The average Bonchev–Trinajstić information content (AvgIpc) is 3.07.